The maximum Gasteiger partial charge on any atom is 0.411 e. The van der Waals surface area contributed by atoms with Crippen molar-refractivity contribution in [3.63, 3.8) is 0 Å². The number of halogens is 1. The van der Waals surface area contributed by atoms with Crippen molar-refractivity contribution in [2.24, 2.45) is 0 Å². The maximum absolute atomic E-state index is 11.2. The average Bonchev–Trinajstić information content (AvgIpc) is 2.47. The van der Waals surface area contributed by atoms with Crippen molar-refractivity contribution >= 4 is 33.4 Å². The molecule has 0 saturated carbocycles. The molecule has 0 bridgehead atoms. The smallest absolute Gasteiger partial charge is 0.411 e. The van der Waals surface area contributed by atoms with Crippen LogP contribution in [-0.4, -0.2) is 13.2 Å². The molecule has 2 N–H and O–H groups in total. The molecule has 0 atom stereocenters. The highest BCUT2D eigenvalue weighted by Crippen LogP contribution is 2.19. The molecule has 1 amide bonds. The highest BCUT2D eigenvalue weighted by Gasteiger charge is 2.02. The van der Waals surface area contributed by atoms with Gasteiger partial charge in [-0.1, -0.05) is 40.2 Å². The first-order valence-electron chi connectivity index (χ1n) is 6.11. The summed E-state index contributed by atoms with van der Waals surface area (Å²) in [7, 11) is 1.34. The fraction of sp³-hybridized carbons (Fsp3) is 0.133. The van der Waals surface area contributed by atoms with Crippen molar-refractivity contribution in [3.8, 4) is 0 Å². The Labute approximate surface area is 126 Å². The van der Waals surface area contributed by atoms with E-state index in [0.717, 1.165) is 10.2 Å². The van der Waals surface area contributed by atoms with E-state index in [9.17, 15) is 4.79 Å². The summed E-state index contributed by atoms with van der Waals surface area (Å²) in [5, 5.41) is 5.94. The number of hydrogen-bond acceptors (Lipinski definition) is 3. The second kappa shape index (κ2) is 6.96. The molecule has 0 aromatic heterocycles. The number of methoxy groups -OCH3 is 1. The Hall–Kier alpha value is -2.01. The van der Waals surface area contributed by atoms with Gasteiger partial charge in [0.15, 0.2) is 0 Å². The summed E-state index contributed by atoms with van der Waals surface area (Å²) in [5.41, 5.74) is 2.78. The molecule has 2 rings (SSSR count). The molecule has 0 aliphatic carbocycles. The maximum atomic E-state index is 11.2. The zero-order valence-electron chi connectivity index (χ0n) is 11.0. The Kier molecular flexibility index (Phi) is 5.01. The Morgan fingerprint density at radius 1 is 1.15 bits per heavy atom. The van der Waals surface area contributed by atoms with E-state index >= 15 is 0 Å². The predicted molar refractivity (Wildman–Crippen MR) is 83.9 cm³/mol. The average molecular weight is 335 g/mol. The van der Waals surface area contributed by atoms with Crippen LogP contribution in [0.4, 0.5) is 16.2 Å². The lowest BCUT2D eigenvalue weighted by molar-refractivity contribution is 0.187. The fourth-order valence-electron chi connectivity index (χ4n) is 1.71. The topological polar surface area (TPSA) is 50.4 Å². The van der Waals surface area contributed by atoms with Gasteiger partial charge in [0.2, 0.25) is 0 Å². The number of carbonyl (C=O) groups excluding carboxylic acids is 1. The van der Waals surface area contributed by atoms with Crippen molar-refractivity contribution in [1.82, 2.24) is 0 Å². The lowest BCUT2D eigenvalue weighted by atomic mass is 10.2. The summed E-state index contributed by atoms with van der Waals surface area (Å²) in [6.45, 7) is 0.698. The SMILES string of the molecule is COC(=O)Nc1cccc(NCc2ccccc2Br)c1. The van der Waals surface area contributed by atoms with Crippen LogP contribution in [0, 0.1) is 0 Å². The highest BCUT2D eigenvalue weighted by molar-refractivity contribution is 9.10. The predicted octanol–water partition coefficient (Wildman–Crippen LogP) is 4.24. The minimum absolute atomic E-state index is 0.479. The van der Waals surface area contributed by atoms with Crippen LogP contribution < -0.4 is 10.6 Å². The molecule has 0 spiro atoms. The van der Waals surface area contributed by atoms with Crippen molar-refractivity contribution in [3.05, 3.63) is 58.6 Å². The van der Waals surface area contributed by atoms with Crippen LogP contribution in [0.1, 0.15) is 5.56 Å². The Morgan fingerprint density at radius 2 is 1.90 bits per heavy atom. The fourth-order valence-corrected chi connectivity index (χ4v) is 2.14. The van der Waals surface area contributed by atoms with Gasteiger partial charge in [-0.25, -0.2) is 4.79 Å². The Balaban J connectivity index is 2.01. The van der Waals surface area contributed by atoms with Gasteiger partial charge in [0.25, 0.3) is 0 Å². The molecule has 5 heteroatoms. The van der Waals surface area contributed by atoms with Crippen LogP contribution in [0.2, 0.25) is 0 Å². The van der Waals surface area contributed by atoms with Gasteiger partial charge >= 0.3 is 6.09 Å². The Morgan fingerprint density at radius 3 is 2.65 bits per heavy atom. The Bertz CT molecular complexity index is 602. The minimum Gasteiger partial charge on any atom is -0.453 e. The van der Waals surface area contributed by atoms with Gasteiger partial charge < -0.3 is 10.1 Å². The van der Waals surface area contributed by atoms with Crippen molar-refractivity contribution in [2.45, 2.75) is 6.54 Å². The first-order chi connectivity index (χ1) is 9.69. The zero-order valence-corrected chi connectivity index (χ0v) is 12.6. The second-order valence-corrected chi connectivity index (χ2v) is 5.00. The van der Waals surface area contributed by atoms with Crippen LogP contribution in [0.25, 0.3) is 0 Å². The summed E-state index contributed by atoms with van der Waals surface area (Å²) in [4.78, 5) is 11.2. The largest absolute Gasteiger partial charge is 0.453 e. The number of amides is 1. The van der Waals surface area contributed by atoms with Crippen LogP contribution in [-0.2, 0) is 11.3 Å². The number of anilines is 2. The lowest BCUT2D eigenvalue weighted by Crippen LogP contribution is -2.11. The summed E-state index contributed by atoms with van der Waals surface area (Å²) in [5.74, 6) is 0. The molecule has 0 fully saturated rings. The van der Waals surface area contributed by atoms with Crippen molar-refractivity contribution in [2.75, 3.05) is 17.7 Å². The van der Waals surface area contributed by atoms with Crippen LogP contribution >= 0.6 is 15.9 Å². The standard InChI is InChI=1S/C15H15BrN2O2/c1-20-15(19)18-13-7-4-6-12(9-13)17-10-11-5-2-3-8-14(11)16/h2-9,17H,10H2,1H3,(H,18,19). The van der Waals surface area contributed by atoms with Gasteiger partial charge in [-0.2, -0.15) is 0 Å². The number of benzene rings is 2. The van der Waals surface area contributed by atoms with E-state index in [2.05, 4.69) is 31.3 Å². The molecular weight excluding hydrogens is 320 g/mol. The molecule has 0 unspecified atom stereocenters. The van der Waals surface area contributed by atoms with E-state index < -0.39 is 6.09 Å². The van der Waals surface area contributed by atoms with Crippen molar-refractivity contribution < 1.29 is 9.53 Å². The molecular formula is C15H15BrN2O2. The highest BCUT2D eigenvalue weighted by atomic mass is 79.9. The normalized spacial score (nSPS) is 9.90. The summed E-state index contributed by atoms with van der Waals surface area (Å²) < 4.78 is 5.63. The summed E-state index contributed by atoms with van der Waals surface area (Å²) >= 11 is 3.51. The third-order valence-corrected chi connectivity index (χ3v) is 3.51. The van der Waals surface area contributed by atoms with Gasteiger partial charge in [0.05, 0.1) is 7.11 Å². The van der Waals surface area contributed by atoms with Crippen LogP contribution in [0.5, 0.6) is 0 Å². The zero-order chi connectivity index (χ0) is 14.4. The second-order valence-electron chi connectivity index (χ2n) is 4.14. The van der Waals surface area contributed by atoms with E-state index in [0.29, 0.717) is 12.2 Å². The summed E-state index contributed by atoms with van der Waals surface area (Å²) in [6, 6.07) is 15.5. The number of carbonyl (C=O) groups is 1. The van der Waals surface area contributed by atoms with Crippen molar-refractivity contribution in [1.29, 1.82) is 0 Å². The third-order valence-electron chi connectivity index (χ3n) is 2.74. The van der Waals surface area contributed by atoms with Gasteiger partial charge in [0, 0.05) is 22.4 Å². The molecule has 0 aliphatic heterocycles. The van der Waals surface area contributed by atoms with Crippen LogP contribution in [0.15, 0.2) is 53.0 Å². The van der Waals surface area contributed by atoms with E-state index in [1.807, 2.05) is 42.5 Å². The number of rotatable bonds is 4. The van der Waals surface area contributed by atoms with Gasteiger partial charge in [-0.3, -0.25) is 5.32 Å². The van der Waals surface area contributed by atoms with E-state index in [1.54, 1.807) is 6.07 Å². The van der Waals surface area contributed by atoms with Crippen LogP contribution in [0.3, 0.4) is 0 Å². The molecule has 20 heavy (non-hydrogen) atoms. The molecule has 104 valence electrons. The number of nitrogens with one attached hydrogen (secondary N) is 2. The number of ether oxygens (including phenoxy) is 1. The lowest BCUT2D eigenvalue weighted by Gasteiger charge is -2.10. The van der Waals surface area contributed by atoms with Gasteiger partial charge in [-0.05, 0) is 29.8 Å². The molecule has 0 saturated heterocycles. The molecule has 2 aromatic rings. The summed E-state index contributed by atoms with van der Waals surface area (Å²) in [6.07, 6.45) is -0.479. The third kappa shape index (κ3) is 3.99. The van der Waals surface area contributed by atoms with E-state index in [4.69, 9.17) is 0 Å². The molecule has 2 aromatic carbocycles. The first kappa shape index (κ1) is 14.4. The molecule has 4 nitrogen and oxygen atoms in total. The van der Waals surface area contributed by atoms with E-state index in [-0.39, 0.29) is 0 Å². The molecule has 0 aliphatic rings. The first-order valence-corrected chi connectivity index (χ1v) is 6.90. The molecule has 0 heterocycles. The van der Waals surface area contributed by atoms with Gasteiger partial charge in [-0.15, -0.1) is 0 Å². The molecule has 0 radical (unpaired) electrons. The number of hydrogen-bond donors (Lipinski definition) is 2. The quantitative estimate of drug-likeness (QED) is 0.879. The van der Waals surface area contributed by atoms with E-state index in [1.165, 1.54) is 12.7 Å². The van der Waals surface area contributed by atoms with Gasteiger partial charge in [0.1, 0.15) is 0 Å². The minimum atomic E-state index is -0.479. The monoisotopic (exact) mass is 334 g/mol.